The van der Waals surface area contributed by atoms with E-state index in [0.29, 0.717) is 0 Å². The van der Waals surface area contributed by atoms with Crippen molar-refractivity contribution in [2.24, 2.45) is 0 Å². The van der Waals surface area contributed by atoms with E-state index in [9.17, 15) is 18.3 Å². The third-order valence-electron chi connectivity index (χ3n) is 2.10. The van der Waals surface area contributed by atoms with Crippen molar-refractivity contribution in [3.63, 3.8) is 0 Å². The third-order valence-corrected chi connectivity index (χ3v) is 3.52. The zero-order valence-electron chi connectivity index (χ0n) is 9.71. The van der Waals surface area contributed by atoms with Crippen LogP contribution in [-0.4, -0.2) is 33.1 Å². The lowest BCUT2D eigenvalue weighted by Gasteiger charge is -2.07. The first-order valence-electron chi connectivity index (χ1n) is 4.94. The summed E-state index contributed by atoms with van der Waals surface area (Å²) < 4.78 is 30.2. The first-order valence-corrected chi connectivity index (χ1v) is 6.42. The highest BCUT2D eigenvalue weighted by atomic mass is 32.2. The Hall–Kier alpha value is -1.86. The number of phenolic OH excluding ortho intramolecular Hbond substituents is 1. The van der Waals surface area contributed by atoms with Crippen LogP contribution in [-0.2, 0) is 14.8 Å². The molecule has 0 radical (unpaired) electrons. The molecule has 2 N–H and O–H groups in total. The molecular formula is C11H13NO5S. The number of nitrogens with one attached hydrogen (secondary N) is 1. The number of carbonyl (C=O) groups excluding carboxylic acids is 1. The Labute approximate surface area is 105 Å². The van der Waals surface area contributed by atoms with Crippen LogP contribution in [0.5, 0.6) is 5.75 Å². The maximum Gasteiger partial charge on any atom is 0.341 e. The Bertz CT molecular complexity index is 565. The zero-order chi connectivity index (χ0) is 13.8. The van der Waals surface area contributed by atoms with Crippen LogP contribution in [0, 0.1) is 0 Å². The average Bonchev–Trinajstić information content (AvgIpc) is 2.35. The van der Waals surface area contributed by atoms with Crippen LogP contribution in [0.3, 0.4) is 0 Å². The van der Waals surface area contributed by atoms with Crippen LogP contribution < -0.4 is 4.72 Å². The maximum atomic E-state index is 11.8. The van der Waals surface area contributed by atoms with E-state index >= 15 is 0 Å². The second-order valence-electron chi connectivity index (χ2n) is 3.31. The van der Waals surface area contributed by atoms with E-state index in [1.165, 1.54) is 12.1 Å². The number of carbonyl (C=O) groups is 1. The fourth-order valence-corrected chi connectivity index (χ4v) is 2.23. The van der Waals surface area contributed by atoms with E-state index in [-0.39, 0.29) is 22.8 Å². The van der Waals surface area contributed by atoms with Gasteiger partial charge in [-0.05, 0) is 18.2 Å². The molecule has 0 aliphatic rings. The molecule has 0 saturated carbocycles. The third kappa shape index (κ3) is 3.08. The van der Waals surface area contributed by atoms with E-state index in [1.807, 2.05) is 0 Å². The molecular weight excluding hydrogens is 258 g/mol. The molecule has 0 aromatic heterocycles. The number of benzene rings is 1. The molecule has 98 valence electrons. The van der Waals surface area contributed by atoms with Gasteiger partial charge in [-0.1, -0.05) is 6.08 Å². The van der Waals surface area contributed by atoms with Gasteiger partial charge in [-0.15, -0.1) is 6.58 Å². The normalized spacial score (nSPS) is 10.9. The average molecular weight is 271 g/mol. The SMILES string of the molecule is C=CCNS(=O)(=O)c1ccc(O)c(C(=O)OC)c1. The molecule has 1 aromatic carbocycles. The summed E-state index contributed by atoms with van der Waals surface area (Å²) in [4.78, 5) is 11.2. The van der Waals surface area contributed by atoms with Crippen LogP contribution in [0.1, 0.15) is 10.4 Å². The number of hydrogen-bond donors (Lipinski definition) is 2. The van der Waals surface area contributed by atoms with E-state index in [1.54, 1.807) is 0 Å². The van der Waals surface area contributed by atoms with Crippen LogP contribution in [0.25, 0.3) is 0 Å². The summed E-state index contributed by atoms with van der Waals surface area (Å²) in [5.74, 6) is -1.15. The minimum absolute atomic E-state index is 0.0662. The van der Waals surface area contributed by atoms with Crippen molar-refractivity contribution < 1.29 is 23.1 Å². The summed E-state index contributed by atoms with van der Waals surface area (Å²) in [6.07, 6.45) is 1.39. The number of sulfonamides is 1. The second kappa shape index (κ2) is 5.65. The first kappa shape index (κ1) is 14.2. The Kier molecular flexibility index (Phi) is 4.46. The minimum atomic E-state index is -3.74. The van der Waals surface area contributed by atoms with Gasteiger partial charge in [0.1, 0.15) is 11.3 Å². The number of rotatable bonds is 5. The van der Waals surface area contributed by atoms with Crippen LogP contribution in [0.15, 0.2) is 35.7 Å². The molecule has 6 nitrogen and oxygen atoms in total. The van der Waals surface area contributed by atoms with Crippen molar-refractivity contribution >= 4 is 16.0 Å². The monoisotopic (exact) mass is 271 g/mol. The number of ether oxygens (including phenoxy) is 1. The molecule has 0 amide bonds. The van der Waals surface area contributed by atoms with Gasteiger partial charge in [-0.25, -0.2) is 17.9 Å². The van der Waals surface area contributed by atoms with Crippen molar-refractivity contribution in [1.82, 2.24) is 4.72 Å². The fourth-order valence-electron chi connectivity index (χ4n) is 1.21. The summed E-state index contributed by atoms with van der Waals surface area (Å²) >= 11 is 0. The van der Waals surface area contributed by atoms with Gasteiger partial charge in [-0.2, -0.15) is 0 Å². The number of esters is 1. The Balaban J connectivity index is 3.20. The topological polar surface area (TPSA) is 92.7 Å². The first-order chi connectivity index (χ1) is 8.42. The van der Waals surface area contributed by atoms with Crippen LogP contribution >= 0.6 is 0 Å². The molecule has 7 heteroatoms. The van der Waals surface area contributed by atoms with Gasteiger partial charge in [0.05, 0.1) is 12.0 Å². The highest BCUT2D eigenvalue weighted by Gasteiger charge is 2.18. The van der Waals surface area contributed by atoms with Crippen molar-refractivity contribution in [3.8, 4) is 5.75 Å². The van der Waals surface area contributed by atoms with Gasteiger partial charge in [0.25, 0.3) is 0 Å². The lowest BCUT2D eigenvalue weighted by Crippen LogP contribution is -2.23. The summed E-state index contributed by atoms with van der Waals surface area (Å²) in [5.41, 5.74) is -0.209. The molecule has 1 aromatic rings. The molecule has 18 heavy (non-hydrogen) atoms. The molecule has 1 rings (SSSR count). The number of methoxy groups -OCH3 is 1. The van der Waals surface area contributed by atoms with E-state index in [2.05, 4.69) is 16.0 Å². The van der Waals surface area contributed by atoms with Crippen LogP contribution in [0.4, 0.5) is 0 Å². The molecule has 0 bridgehead atoms. The zero-order valence-corrected chi connectivity index (χ0v) is 10.5. The Morgan fingerprint density at radius 1 is 1.56 bits per heavy atom. The molecule has 0 aliphatic heterocycles. The predicted octanol–water partition coefficient (Wildman–Crippen LogP) is 0.643. The van der Waals surface area contributed by atoms with Crippen molar-refractivity contribution in [2.75, 3.05) is 13.7 Å². The summed E-state index contributed by atoms with van der Waals surface area (Å²) in [6, 6.07) is 3.36. The van der Waals surface area contributed by atoms with E-state index in [4.69, 9.17) is 0 Å². The number of aromatic hydroxyl groups is 1. The van der Waals surface area contributed by atoms with Gasteiger partial charge in [0.15, 0.2) is 0 Å². The summed E-state index contributed by atoms with van der Waals surface area (Å²) in [7, 11) is -2.61. The lowest BCUT2D eigenvalue weighted by atomic mass is 10.2. The smallest absolute Gasteiger partial charge is 0.341 e. The molecule has 0 saturated heterocycles. The van der Waals surface area contributed by atoms with E-state index < -0.39 is 16.0 Å². The predicted molar refractivity (Wildman–Crippen MR) is 64.8 cm³/mol. The summed E-state index contributed by atoms with van der Waals surface area (Å²) in [5, 5.41) is 9.45. The van der Waals surface area contributed by atoms with Gasteiger partial charge in [-0.3, -0.25) is 0 Å². The molecule has 0 unspecified atom stereocenters. The quantitative estimate of drug-likeness (QED) is 0.605. The highest BCUT2D eigenvalue weighted by molar-refractivity contribution is 7.89. The van der Waals surface area contributed by atoms with Crippen molar-refractivity contribution in [2.45, 2.75) is 4.90 Å². The van der Waals surface area contributed by atoms with Gasteiger partial charge >= 0.3 is 5.97 Å². The minimum Gasteiger partial charge on any atom is -0.507 e. The standard InChI is InChI=1S/C11H13NO5S/c1-3-6-12-18(15,16)8-4-5-10(13)9(7-8)11(14)17-2/h3-5,7,12-13H,1,6H2,2H3. The lowest BCUT2D eigenvalue weighted by molar-refractivity contribution is 0.0597. The van der Waals surface area contributed by atoms with Gasteiger partial charge in [0.2, 0.25) is 10.0 Å². The fraction of sp³-hybridized carbons (Fsp3) is 0.182. The largest absolute Gasteiger partial charge is 0.507 e. The van der Waals surface area contributed by atoms with Gasteiger partial charge < -0.3 is 9.84 Å². The van der Waals surface area contributed by atoms with Crippen LogP contribution in [0.2, 0.25) is 0 Å². The molecule has 0 aliphatic carbocycles. The Morgan fingerprint density at radius 2 is 2.22 bits per heavy atom. The van der Waals surface area contributed by atoms with Crippen molar-refractivity contribution in [1.29, 1.82) is 0 Å². The molecule has 0 atom stereocenters. The Morgan fingerprint density at radius 3 is 2.78 bits per heavy atom. The van der Waals surface area contributed by atoms with E-state index in [0.717, 1.165) is 19.2 Å². The van der Waals surface area contributed by atoms with Gasteiger partial charge in [0, 0.05) is 6.54 Å². The maximum absolute atomic E-state index is 11.8. The number of hydrogen-bond acceptors (Lipinski definition) is 5. The highest BCUT2D eigenvalue weighted by Crippen LogP contribution is 2.21. The molecule has 0 fully saturated rings. The number of phenols is 1. The molecule has 0 spiro atoms. The summed E-state index contributed by atoms with van der Waals surface area (Å²) in [6.45, 7) is 3.46. The second-order valence-corrected chi connectivity index (χ2v) is 5.08. The van der Waals surface area contributed by atoms with Crippen molar-refractivity contribution in [3.05, 3.63) is 36.4 Å². The molecule has 0 heterocycles.